The number of Topliss-reactive ketones (excluding diaryl/α,β-unsaturated/α-hetero) is 1. The lowest BCUT2D eigenvalue weighted by Gasteiger charge is -2.39. The topological polar surface area (TPSA) is 60.8 Å². The molecule has 0 aromatic heterocycles. The summed E-state index contributed by atoms with van der Waals surface area (Å²) in [6.07, 6.45) is -1.36. The summed E-state index contributed by atoms with van der Waals surface area (Å²) >= 11 is 5.94. The lowest BCUT2D eigenvalue weighted by molar-refractivity contribution is -0.116. The number of anilines is 1. The molecular weight excluding hydrogens is 326 g/mol. The van der Waals surface area contributed by atoms with E-state index in [0.717, 1.165) is 0 Å². The number of halogens is 1. The molecule has 0 amide bonds. The Bertz CT molecular complexity index is 801. The zero-order valence-corrected chi connectivity index (χ0v) is 14.2. The number of nitrogens with zero attached hydrogens (tertiary/aromatic N) is 1. The maximum absolute atomic E-state index is 12.0. The van der Waals surface area contributed by atoms with Gasteiger partial charge in [-0.05, 0) is 38.1 Å². The van der Waals surface area contributed by atoms with E-state index in [1.807, 2.05) is 30.3 Å². The van der Waals surface area contributed by atoms with Gasteiger partial charge in [0.1, 0.15) is 6.10 Å². The van der Waals surface area contributed by atoms with Gasteiger partial charge < -0.3 is 15.1 Å². The van der Waals surface area contributed by atoms with E-state index in [9.17, 15) is 15.0 Å². The van der Waals surface area contributed by atoms with Crippen LogP contribution in [0.1, 0.15) is 19.4 Å². The quantitative estimate of drug-likeness (QED) is 0.898. The predicted octanol–water partition coefficient (Wildman–Crippen LogP) is 3.23. The number of allylic oxidation sites excluding steroid dienone is 1. The highest BCUT2D eigenvalue weighted by molar-refractivity contribution is 6.30. The number of hydrogen-bond acceptors (Lipinski definition) is 4. The van der Waals surface area contributed by atoms with Crippen molar-refractivity contribution in [2.45, 2.75) is 25.7 Å². The van der Waals surface area contributed by atoms with E-state index in [0.29, 0.717) is 22.0 Å². The SMILES string of the molecule is CC(=O)C1=C(C)N(c2ccccc2)C(O)(c2ccc(Cl)cc2)C1O. The molecule has 3 rings (SSSR count). The van der Waals surface area contributed by atoms with Gasteiger partial charge in [-0.3, -0.25) is 4.79 Å². The minimum absolute atomic E-state index is 0.205. The Balaban J connectivity index is 2.23. The molecule has 0 radical (unpaired) electrons. The number of rotatable bonds is 3. The summed E-state index contributed by atoms with van der Waals surface area (Å²) in [4.78, 5) is 13.6. The van der Waals surface area contributed by atoms with E-state index in [4.69, 9.17) is 11.6 Å². The maximum Gasteiger partial charge on any atom is 0.199 e. The molecule has 4 nitrogen and oxygen atoms in total. The molecule has 5 heteroatoms. The molecule has 1 aliphatic heterocycles. The Labute approximate surface area is 145 Å². The van der Waals surface area contributed by atoms with E-state index in [1.165, 1.54) is 6.92 Å². The molecule has 2 N–H and O–H groups in total. The minimum atomic E-state index is -1.78. The molecule has 124 valence electrons. The zero-order chi connectivity index (χ0) is 17.5. The van der Waals surface area contributed by atoms with Crippen molar-refractivity contribution < 1.29 is 15.0 Å². The summed E-state index contributed by atoms with van der Waals surface area (Å²) < 4.78 is 0. The van der Waals surface area contributed by atoms with Gasteiger partial charge in [-0.25, -0.2) is 0 Å². The van der Waals surface area contributed by atoms with Gasteiger partial charge in [-0.2, -0.15) is 0 Å². The highest BCUT2D eigenvalue weighted by Gasteiger charge is 2.53. The van der Waals surface area contributed by atoms with Crippen LogP contribution in [0.25, 0.3) is 0 Å². The lowest BCUT2D eigenvalue weighted by atomic mass is 9.92. The van der Waals surface area contributed by atoms with Crippen molar-refractivity contribution in [1.29, 1.82) is 0 Å². The fourth-order valence-corrected chi connectivity index (χ4v) is 3.42. The van der Waals surface area contributed by atoms with Gasteiger partial charge in [-0.1, -0.05) is 41.9 Å². The Morgan fingerprint density at radius 2 is 1.71 bits per heavy atom. The number of ketones is 1. The second-order valence-corrected chi connectivity index (χ2v) is 6.30. The van der Waals surface area contributed by atoms with Gasteiger partial charge in [0.2, 0.25) is 0 Å². The maximum atomic E-state index is 12.0. The molecule has 0 saturated heterocycles. The summed E-state index contributed by atoms with van der Waals surface area (Å²) in [5.41, 5.74) is 0.0911. The Hall–Kier alpha value is -2.14. The van der Waals surface area contributed by atoms with Crippen LogP contribution in [0.5, 0.6) is 0 Å². The summed E-state index contributed by atoms with van der Waals surface area (Å²) in [7, 11) is 0. The van der Waals surface area contributed by atoms with Crippen LogP contribution in [-0.4, -0.2) is 22.1 Å². The highest BCUT2D eigenvalue weighted by atomic mass is 35.5. The average Bonchev–Trinajstić information content (AvgIpc) is 2.76. The van der Waals surface area contributed by atoms with Crippen LogP contribution >= 0.6 is 11.6 Å². The summed E-state index contributed by atoms with van der Waals surface area (Å²) in [6.45, 7) is 3.11. The molecule has 0 saturated carbocycles. The minimum Gasteiger partial charge on any atom is -0.383 e. The van der Waals surface area contributed by atoms with Crippen LogP contribution in [0.3, 0.4) is 0 Å². The van der Waals surface area contributed by atoms with Crippen LogP contribution in [0.2, 0.25) is 5.02 Å². The summed E-state index contributed by atoms with van der Waals surface area (Å²) in [6, 6.07) is 15.8. The van der Waals surface area contributed by atoms with Crippen molar-refractivity contribution in [3.05, 3.63) is 76.5 Å². The van der Waals surface area contributed by atoms with Crippen molar-refractivity contribution in [1.82, 2.24) is 0 Å². The molecule has 0 spiro atoms. The summed E-state index contributed by atoms with van der Waals surface area (Å²) in [5.74, 6) is -0.272. The van der Waals surface area contributed by atoms with Crippen molar-refractivity contribution in [3.8, 4) is 0 Å². The molecule has 2 aromatic carbocycles. The third-order valence-corrected chi connectivity index (χ3v) is 4.64. The lowest BCUT2D eigenvalue weighted by Crippen LogP contribution is -2.49. The van der Waals surface area contributed by atoms with E-state index in [-0.39, 0.29) is 11.4 Å². The molecule has 24 heavy (non-hydrogen) atoms. The number of aliphatic hydroxyl groups excluding tert-OH is 1. The Morgan fingerprint density at radius 1 is 1.12 bits per heavy atom. The molecule has 2 atom stereocenters. The van der Waals surface area contributed by atoms with Gasteiger partial charge in [0.25, 0.3) is 0 Å². The first-order chi connectivity index (χ1) is 11.4. The molecule has 0 aliphatic carbocycles. The normalized spacial score (nSPS) is 23.7. The largest absolute Gasteiger partial charge is 0.383 e. The van der Waals surface area contributed by atoms with Gasteiger partial charge in [0, 0.05) is 27.5 Å². The fraction of sp³-hybridized carbons (Fsp3) is 0.211. The van der Waals surface area contributed by atoms with Crippen LogP contribution < -0.4 is 4.90 Å². The van der Waals surface area contributed by atoms with Gasteiger partial charge in [0.15, 0.2) is 11.5 Å². The molecule has 2 aromatic rings. The molecule has 0 bridgehead atoms. The zero-order valence-electron chi connectivity index (χ0n) is 13.4. The van der Waals surface area contributed by atoms with E-state index < -0.39 is 11.8 Å². The molecule has 2 unspecified atom stereocenters. The van der Waals surface area contributed by atoms with E-state index >= 15 is 0 Å². The number of aliphatic hydroxyl groups is 2. The standard InChI is InChI=1S/C19H18ClNO3/c1-12-17(13(2)22)18(23)19(24,14-8-10-15(20)11-9-14)21(12)16-6-4-3-5-7-16/h3-11,18,23-24H,1-2H3. The van der Waals surface area contributed by atoms with Crippen molar-refractivity contribution in [3.63, 3.8) is 0 Å². The smallest absolute Gasteiger partial charge is 0.199 e. The van der Waals surface area contributed by atoms with Crippen molar-refractivity contribution in [2.75, 3.05) is 4.90 Å². The van der Waals surface area contributed by atoms with Crippen molar-refractivity contribution >= 4 is 23.1 Å². The van der Waals surface area contributed by atoms with E-state index in [2.05, 4.69) is 0 Å². The van der Waals surface area contributed by atoms with E-state index in [1.54, 1.807) is 36.1 Å². The number of para-hydroxylation sites is 1. The first kappa shape index (κ1) is 16.7. The first-order valence-corrected chi connectivity index (χ1v) is 7.98. The van der Waals surface area contributed by atoms with Crippen LogP contribution in [-0.2, 0) is 10.5 Å². The molecular formula is C19H18ClNO3. The number of carbonyl (C=O) groups excluding carboxylic acids is 1. The van der Waals surface area contributed by atoms with Crippen LogP contribution in [0, 0.1) is 0 Å². The van der Waals surface area contributed by atoms with Crippen LogP contribution in [0.15, 0.2) is 65.9 Å². The number of carbonyl (C=O) groups is 1. The monoisotopic (exact) mass is 343 g/mol. The van der Waals surface area contributed by atoms with Crippen LogP contribution in [0.4, 0.5) is 5.69 Å². The second kappa shape index (κ2) is 6.06. The van der Waals surface area contributed by atoms with Gasteiger partial charge in [-0.15, -0.1) is 0 Å². The molecule has 0 fully saturated rings. The summed E-state index contributed by atoms with van der Waals surface area (Å²) in [5, 5.41) is 22.8. The molecule has 1 aliphatic rings. The second-order valence-electron chi connectivity index (χ2n) is 5.86. The number of benzene rings is 2. The fourth-order valence-electron chi connectivity index (χ4n) is 3.29. The average molecular weight is 344 g/mol. The molecule has 1 heterocycles. The third-order valence-electron chi connectivity index (χ3n) is 4.38. The Morgan fingerprint density at radius 3 is 2.25 bits per heavy atom. The number of hydrogen-bond donors (Lipinski definition) is 2. The predicted molar refractivity (Wildman–Crippen MR) is 93.7 cm³/mol. The third kappa shape index (κ3) is 2.44. The van der Waals surface area contributed by atoms with Crippen molar-refractivity contribution in [2.24, 2.45) is 0 Å². The van der Waals surface area contributed by atoms with Gasteiger partial charge >= 0.3 is 0 Å². The van der Waals surface area contributed by atoms with Gasteiger partial charge in [0.05, 0.1) is 0 Å². The highest BCUT2D eigenvalue weighted by Crippen LogP contribution is 2.45. The first-order valence-electron chi connectivity index (χ1n) is 7.61. The Kier molecular flexibility index (Phi) is 4.22.